The molecule has 7 heteroatoms. The summed E-state index contributed by atoms with van der Waals surface area (Å²) in [6.45, 7) is 0.501. The third kappa shape index (κ3) is 8.98. The van der Waals surface area contributed by atoms with Crippen LogP contribution in [0.25, 0.3) is 23.3 Å². The highest BCUT2D eigenvalue weighted by atomic mass is 35.5. The van der Waals surface area contributed by atoms with Gasteiger partial charge in [-0.2, -0.15) is 0 Å². The third-order valence-corrected chi connectivity index (χ3v) is 6.30. The average molecular weight is 557 g/mol. The minimum atomic E-state index is -0.494. The van der Waals surface area contributed by atoms with Gasteiger partial charge in [0.25, 0.3) is 0 Å². The van der Waals surface area contributed by atoms with Crippen LogP contribution in [0.4, 0.5) is 15.8 Å². The summed E-state index contributed by atoms with van der Waals surface area (Å²) in [7, 11) is 5.04. The van der Waals surface area contributed by atoms with Crippen LogP contribution in [0.5, 0.6) is 0 Å². The molecular formula is C33H30ClFN2O3. The lowest BCUT2D eigenvalue weighted by molar-refractivity contribution is -0.134. The van der Waals surface area contributed by atoms with Crippen LogP contribution in [0, 0.1) is 5.82 Å². The second-order valence-electron chi connectivity index (χ2n) is 8.76. The molecule has 0 amide bonds. The normalized spacial score (nSPS) is 10.2. The van der Waals surface area contributed by atoms with Gasteiger partial charge in [-0.3, -0.25) is 0 Å². The second-order valence-corrected chi connectivity index (χ2v) is 9.17. The molecule has 5 nitrogen and oxygen atoms in total. The summed E-state index contributed by atoms with van der Waals surface area (Å²) in [5.41, 5.74) is 6.21. The number of esters is 1. The largest absolute Gasteiger partial charge is 0.466 e. The molecule has 0 spiro atoms. The van der Waals surface area contributed by atoms with E-state index in [0.29, 0.717) is 22.8 Å². The van der Waals surface area contributed by atoms with E-state index in [9.17, 15) is 14.0 Å². The average Bonchev–Trinajstić information content (AvgIpc) is 2.97. The van der Waals surface area contributed by atoms with Gasteiger partial charge in [0.2, 0.25) is 0 Å². The number of rotatable bonds is 8. The summed E-state index contributed by atoms with van der Waals surface area (Å²) in [4.78, 5) is 23.0. The zero-order valence-electron chi connectivity index (χ0n) is 22.5. The van der Waals surface area contributed by atoms with Gasteiger partial charge in [0.05, 0.1) is 7.11 Å². The Morgan fingerprint density at radius 3 is 2.30 bits per heavy atom. The van der Waals surface area contributed by atoms with Crippen molar-refractivity contribution in [1.29, 1.82) is 0 Å². The van der Waals surface area contributed by atoms with Crippen LogP contribution in [-0.2, 0) is 20.9 Å². The van der Waals surface area contributed by atoms with Crippen molar-refractivity contribution in [3.8, 4) is 11.1 Å². The van der Waals surface area contributed by atoms with Crippen LogP contribution >= 0.6 is 11.6 Å². The first kappa shape index (κ1) is 29.9. The predicted molar refractivity (Wildman–Crippen MR) is 163 cm³/mol. The third-order valence-electron chi connectivity index (χ3n) is 5.95. The van der Waals surface area contributed by atoms with Crippen molar-refractivity contribution in [2.24, 2.45) is 0 Å². The number of carbonyl (C=O) groups excluding carboxylic acids is 2. The highest BCUT2D eigenvalue weighted by molar-refractivity contribution is 6.31. The lowest BCUT2D eigenvalue weighted by atomic mass is 10.0. The van der Waals surface area contributed by atoms with Gasteiger partial charge in [0.1, 0.15) is 11.8 Å². The first-order chi connectivity index (χ1) is 19.3. The smallest absolute Gasteiger partial charge is 0.330 e. The van der Waals surface area contributed by atoms with E-state index >= 15 is 0 Å². The summed E-state index contributed by atoms with van der Waals surface area (Å²) in [6, 6.07) is 28.0. The Morgan fingerprint density at radius 1 is 0.975 bits per heavy atom. The summed E-state index contributed by atoms with van der Waals surface area (Å²) >= 11 is 6.56. The first-order valence-electron chi connectivity index (χ1n) is 12.4. The number of halogens is 2. The van der Waals surface area contributed by atoms with Gasteiger partial charge in [0.15, 0.2) is 0 Å². The van der Waals surface area contributed by atoms with Crippen molar-refractivity contribution < 1.29 is 18.7 Å². The zero-order chi connectivity index (χ0) is 28.9. The van der Waals surface area contributed by atoms with Gasteiger partial charge in [-0.15, -0.1) is 0 Å². The maximum atomic E-state index is 14.1. The quantitative estimate of drug-likeness (QED) is 0.138. The zero-order valence-corrected chi connectivity index (χ0v) is 23.3. The molecule has 0 aliphatic rings. The molecule has 0 heterocycles. The van der Waals surface area contributed by atoms with E-state index in [1.54, 1.807) is 12.0 Å². The summed E-state index contributed by atoms with van der Waals surface area (Å²) in [6.07, 6.45) is 4.19. The molecule has 4 aromatic rings. The first-order valence-corrected chi connectivity index (χ1v) is 12.8. The van der Waals surface area contributed by atoms with Crippen molar-refractivity contribution in [3.05, 3.63) is 125 Å². The predicted octanol–water partition coefficient (Wildman–Crippen LogP) is 7.54. The summed E-state index contributed by atoms with van der Waals surface area (Å²) < 4.78 is 18.7. The van der Waals surface area contributed by atoms with Gasteiger partial charge in [-0.1, -0.05) is 66.2 Å². The van der Waals surface area contributed by atoms with Gasteiger partial charge < -0.3 is 15.0 Å². The fraction of sp³-hybridized carbons (Fsp3) is 0.121. The van der Waals surface area contributed by atoms with E-state index in [2.05, 4.69) is 10.1 Å². The minimum Gasteiger partial charge on any atom is -0.466 e. The molecule has 204 valence electrons. The minimum absolute atomic E-state index is 0.389. The van der Waals surface area contributed by atoms with E-state index in [0.717, 1.165) is 27.9 Å². The number of hydrogen-bond donors (Lipinski definition) is 1. The fourth-order valence-corrected chi connectivity index (χ4v) is 4.03. The number of carbonyl (C=O) groups is 1. The number of benzene rings is 4. The number of nitrogens with zero attached hydrogens (tertiary/aromatic N) is 1. The molecule has 0 radical (unpaired) electrons. The maximum absolute atomic E-state index is 14.1. The molecule has 4 rings (SSSR count). The SMILES string of the molecule is CNc1ccc(-c2ccc(CN(C)c3cc(F)cc(/C=C/C(=O)OC)c3)c(Cl)c2)cc1.O=C=Cc1ccccc1. The summed E-state index contributed by atoms with van der Waals surface area (Å²) in [5.74, 6) is 0.827. The van der Waals surface area contributed by atoms with Gasteiger partial charge in [0, 0.05) is 49.2 Å². The Labute approximate surface area is 239 Å². The molecule has 0 aromatic heterocycles. The van der Waals surface area contributed by atoms with Crippen LogP contribution in [0.2, 0.25) is 5.02 Å². The molecular weight excluding hydrogens is 527 g/mol. The Kier molecular flexibility index (Phi) is 11.3. The molecule has 1 N–H and O–H groups in total. The van der Waals surface area contributed by atoms with E-state index in [4.69, 9.17) is 11.6 Å². The topological polar surface area (TPSA) is 58.6 Å². The van der Waals surface area contributed by atoms with Crippen LogP contribution in [0.3, 0.4) is 0 Å². The van der Waals surface area contributed by atoms with Crippen molar-refractivity contribution >= 4 is 47.0 Å². The van der Waals surface area contributed by atoms with E-state index in [1.165, 1.54) is 37.5 Å². The lowest BCUT2D eigenvalue weighted by Gasteiger charge is -2.21. The molecule has 0 saturated heterocycles. The van der Waals surface area contributed by atoms with Crippen molar-refractivity contribution in [1.82, 2.24) is 0 Å². The molecule has 40 heavy (non-hydrogen) atoms. The molecule has 0 unspecified atom stereocenters. The number of nitrogens with one attached hydrogen (secondary N) is 1. The highest BCUT2D eigenvalue weighted by Gasteiger charge is 2.10. The van der Waals surface area contributed by atoms with E-state index < -0.39 is 5.97 Å². The number of ether oxygens (including phenoxy) is 1. The van der Waals surface area contributed by atoms with Crippen LogP contribution in [0.1, 0.15) is 16.7 Å². The van der Waals surface area contributed by atoms with E-state index in [1.807, 2.05) is 91.8 Å². The number of methoxy groups -OCH3 is 1. The Hall–Kier alpha value is -4.64. The molecule has 0 atom stereocenters. The lowest BCUT2D eigenvalue weighted by Crippen LogP contribution is -2.17. The van der Waals surface area contributed by atoms with Gasteiger partial charge >= 0.3 is 5.97 Å². The van der Waals surface area contributed by atoms with Gasteiger partial charge in [-0.05, 0) is 70.3 Å². The molecule has 0 aliphatic heterocycles. The maximum Gasteiger partial charge on any atom is 0.330 e. The molecule has 0 saturated carbocycles. The molecule has 0 fully saturated rings. The monoisotopic (exact) mass is 556 g/mol. The Balaban J connectivity index is 0.000000415. The van der Waals surface area contributed by atoms with Crippen molar-refractivity contribution in [2.45, 2.75) is 6.54 Å². The summed E-state index contributed by atoms with van der Waals surface area (Å²) in [5, 5.41) is 3.74. The standard InChI is InChI=1S/C25H24ClFN2O2.C8H6O/c1-28-22-9-7-18(8-10-22)19-5-6-20(24(26)14-19)16-29(2)23-13-17(12-21(27)15-23)4-11-25(30)31-3;9-7-6-8-4-2-1-3-5-8/h4-15,28H,16H2,1-3H3;1-6H/b11-4+;. The number of anilines is 2. The second kappa shape index (κ2) is 15.1. The van der Waals surface area contributed by atoms with Crippen LogP contribution < -0.4 is 10.2 Å². The highest BCUT2D eigenvalue weighted by Crippen LogP contribution is 2.29. The van der Waals surface area contributed by atoms with E-state index in [-0.39, 0.29) is 5.82 Å². The van der Waals surface area contributed by atoms with Crippen LogP contribution in [0.15, 0.2) is 97.1 Å². The van der Waals surface area contributed by atoms with Crippen molar-refractivity contribution in [3.63, 3.8) is 0 Å². The van der Waals surface area contributed by atoms with Gasteiger partial charge in [-0.25, -0.2) is 14.0 Å². The van der Waals surface area contributed by atoms with Crippen LogP contribution in [-0.4, -0.2) is 33.1 Å². The number of hydrogen-bond acceptors (Lipinski definition) is 5. The van der Waals surface area contributed by atoms with Crippen molar-refractivity contribution in [2.75, 3.05) is 31.4 Å². The fourth-order valence-electron chi connectivity index (χ4n) is 3.79. The molecule has 0 aliphatic carbocycles. The molecule has 0 bridgehead atoms. The molecule has 4 aromatic carbocycles. The Morgan fingerprint density at radius 2 is 1.68 bits per heavy atom. The Bertz CT molecular complexity index is 1500.